The minimum atomic E-state index is -0.867. The maximum atomic E-state index is 10.6. The third-order valence-electron chi connectivity index (χ3n) is 2.04. The Bertz CT molecular complexity index is 445. The van der Waals surface area contributed by atoms with Gasteiger partial charge in [0.05, 0.1) is 11.0 Å². The Kier molecular flexibility index (Phi) is 4.48. The van der Waals surface area contributed by atoms with E-state index in [-0.39, 0.29) is 12.3 Å². The first-order valence-corrected chi connectivity index (χ1v) is 5.22. The number of hydrogen-bond donors (Lipinski definition) is 1. The van der Waals surface area contributed by atoms with Crippen molar-refractivity contribution in [1.29, 1.82) is 0 Å². The van der Waals surface area contributed by atoms with E-state index in [1.54, 1.807) is 0 Å². The Labute approximate surface area is 103 Å². The van der Waals surface area contributed by atoms with Gasteiger partial charge in [0.2, 0.25) is 0 Å². The molecule has 0 radical (unpaired) electrons. The molecule has 0 unspecified atom stereocenters. The summed E-state index contributed by atoms with van der Waals surface area (Å²) < 4.78 is 5.28. The monoisotopic (exact) mass is 257 g/mol. The van der Waals surface area contributed by atoms with Crippen LogP contribution in [-0.4, -0.2) is 16.6 Å². The van der Waals surface area contributed by atoms with Crippen LogP contribution in [0.25, 0.3) is 0 Å². The minimum Gasteiger partial charge on any atom is -0.488 e. The molecule has 0 fully saturated rings. The molecule has 1 atom stereocenters. The van der Waals surface area contributed by atoms with E-state index in [1.807, 2.05) is 0 Å². The molecule has 0 bridgehead atoms. The van der Waals surface area contributed by atoms with E-state index in [1.165, 1.54) is 25.1 Å². The highest BCUT2D eigenvalue weighted by Gasteiger charge is 2.15. The van der Waals surface area contributed by atoms with Crippen molar-refractivity contribution in [1.82, 2.24) is 0 Å². The molecule has 1 rings (SSSR count). The van der Waals surface area contributed by atoms with Crippen LogP contribution in [0, 0.1) is 10.1 Å². The van der Waals surface area contributed by atoms with Crippen LogP contribution in [0.4, 0.5) is 5.69 Å². The molecule has 0 aliphatic rings. The van der Waals surface area contributed by atoms with Crippen molar-refractivity contribution in [2.24, 2.45) is 0 Å². The lowest BCUT2D eigenvalue weighted by atomic mass is 10.1. The summed E-state index contributed by atoms with van der Waals surface area (Å²) in [5, 5.41) is 20.4. The van der Waals surface area contributed by atoms with Crippen LogP contribution in [0.2, 0.25) is 0 Å². The lowest BCUT2D eigenvalue weighted by Gasteiger charge is -2.12. The Morgan fingerprint density at radius 1 is 1.71 bits per heavy atom. The number of rotatable bonds is 5. The number of halogens is 1. The summed E-state index contributed by atoms with van der Waals surface area (Å²) in [6.07, 6.45) is -0.867. The van der Waals surface area contributed by atoms with Gasteiger partial charge in [-0.1, -0.05) is 18.2 Å². The summed E-state index contributed by atoms with van der Waals surface area (Å²) in [4.78, 5) is 10.1. The molecule has 1 N–H and O–H groups in total. The van der Waals surface area contributed by atoms with E-state index in [4.69, 9.17) is 16.3 Å². The van der Waals surface area contributed by atoms with E-state index in [2.05, 4.69) is 6.58 Å². The molecule has 0 spiro atoms. The van der Waals surface area contributed by atoms with Crippen LogP contribution in [0.5, 0.6) is 5.75 Å². The lowest BCUT2D eigenvalue weighted by molar-refractivity contribution is -0.385. The third kappa shape index (κ3) is 3.72. The molecule has 0 saturated heterocycles. The molecular formula is C11H12ClNO4. The number of nitrogens with zero attached hydrogens (tertiary/aromatic N) is 1. The number of non-ortho nitro benzene ring substituents is 1. The first kappa shape index (κ1) is 13.5. The van der Waals surface area contributed by atoms with Crippen LogP contribution < -0.4 is 4.74 Å². The van der Waals surface area contributed by atoms with Gasteiger partial charge < -0.3 is 9.84 Å². The van der Waals surface area contributed by atoms with Crippen LogP contribution in [0.3, 0.4) is 0 Å². The standard InChI is InChI=1S/C11H12ClNO4/c1-7(12)6-17-11-4-3-9(13(15)16)5-10(11)8(2)14/h3-5,8,14H,1,6H2,2H3/t8-/m0/s1. The summed E-state index contributed by atoms with van der Waals surface area (Å²) >= 11 is 5.55. The van der Waals surface area contributed by atoms with Crippen LogP contribution in [-0.2, 0) is 0 Å². The summed E-state index contributed by atoms with van der Waals surface area (Å²) in [5.41, 5.74) is 0.245. The highest BCUT2D eigenvalue weighted by atomic mass is 35.5. The van der Waals surface area contributed by atoms with Gasteiger partial charge in [0.15, 0.2) is 0 Å². The topological polar surface area (TPSA) is 72.6 Å². The minimum absolute atomic E-state index is 0.0824. The predicted octanol–water partition coefficient (Wildman–Crippen LogP) is 2.78. The third-order valence-corrected chi connectivity index (χ3v) is 2.15. The first-order chi connectivity index (χ1) is 7.91. The summed E-state index contributed by atoms with van der Waals surface area (Å²) in [6, 6.07) is 4.01. The maximum Gasteiger partial charge on any atom is 0.270 e. The second-order valence-corrected chi connectivity index (χ2v) is 4.00. The molecular weight excluding hydrogens is 246 g/mol. The fraction of sp³-hybridized carbons (Fsp3) is 0.273. The number of aliphatic hydroxyl groups is 1. The van der Waals surface area contributed by atoms with Gasteiger partial charge in [0, 0.05) is 22.7 Å². The van der Waals surface area contributed by atoms with Crippen LogP contribution in [0.1, 0.15) is 18.6 Å². The van der Waals surface area contributed by atoms with Crippen LogP contribution in [0.15, 0.2) is 29.8 Å². The highest BCUT2D eigenvalue weighted by molar-refractivity contribution is 6.29. The molecule has 1 aromatic carbocycles. The van der Waals surface area contributed by atoms with E-state index in [0.717, 1.165) is 0 Å². The molecule has 92 valence electrons. The van der Waals surface area contributed by atoms with Crippen molar-refractivity contribution in [3.63, 3.8) is 0 Å². The summed E-state index contributed by atoms with van der Waals surface area (Å²) in [7, 11) is 0. The van der Waals surface area contributed by atoms with E-state index >= 15 is 0 Å². The van der Waals surface area contributed by atoms with E-state index in [0.29, 0.717) is 16.3 Å². The first-order valence-electron chi connectivity index (χ1n) is 4.84. The number of hydrogen-bond acceptors (Lipinski definition) is 4. The molecule has 0 heterocycles. The van der Waals surface area contributed by atoms with E-state index < -0.39 is 11.0 Å². The fourth-order valence-electron chi connectivity index (χ4n) is 1.26. The molecule has 0 amide bonds. The zero-order chi connectivity index (χ0) is 13.0. The second kappa shape index (κ2) is 5.65. The van der Waals surface area contributed by atoms with Gasteiger partial charge >= 0.3 is 0 Å². The van der Waals surface area contributed by atoms with Gasteiger partial charge in [0.25, 0.3) is 5.69 Å². The largest absolute Gasteiger partial charge is 0.488 e. The van der Waals surface area contributed by atoms with Gasteiger partial charge in [-0.15, -0.1) is 0 Å². The molecule has 6 heteroatoms. The summed E-state index contributed by atoms with van der Waals surface area (Å²) in [6.45, 7) is 5.04. The Hall–Kier alpha value is -1.59. The van der Waals surface area contributed by atoms with Crippen molar-refractivity contribution in [2.45, 2.75) is 13.0 Å². The van der Waals surface area contributed by atoms with Crippen molar-refractivity contribution >= 4 is 17.3 Å². The predicted molar refractivity (Wildman–Crippen MR) is 64.2 cm³/mol. The van der Waals surface area contributed by atoms with Crippen LogP contribution >= 0.6 is 11.6 Å². The smallest absolute Gasteiger partial charge is 0.270 e. The lowest BCUT2D eigenvalue weighted by Crippen LogP contribution is -2.03. The van der Waals surface area contributed by atoms with Crippen molar-refractivity contribution in [3.8, 4) is 5.75 Å². The van der Waals surface area contributed by atoms with Crippen molar-refractivity contribution in [3.05, 3.63) is 45.5 Å². The van der Waals surface area contributed by atoms with Gasteiger partial charge in [-0.05, 0) is 13.0 Å². The van der Waals surface area contributed by atoms with E-state index in [9.17, 15) is 15.2 Å². The quantitative estimate of drug-likeness (QED) is 0.650. The zero-order valence-corrected chi connectivity index (χ0v) is 9.98. The van der Waals surface area contributed by atoms with Crippen molar-refractivity contribution in [2.75, 3.05) is 6.61 Å². The second-order valence-electron chi connectivity index (χ2n) is 3.46. The highest BCUT2D eigenvalue weighted by Crippen LogP contribution is 2.29. The van der Waals surface area contributed by atoms with Gasteiger partial charge in [-0.3, -0.25) is 10.1 Å². The van der Waals surface area contributed by atoms with Gasteiger partial charge in [0.1, 0.15) is 12.4 Å². The number of aliphatic hydroxyl groups excluding tert-OH is 1. The van der Waals surface area contributed by atoms with Gasteiger partial charge in [-0.2, -0.15) is 0 Å². The Morgan fingerprint density at radius 2 is 2.35 bits per heavy atom. The Balaban J connectivity index is 3.04. The number of benzene rings is 1. The molecule has 1 aromatic rings. The number of ether oxygens (including phenoxy) is 1. The van der Waals surface area contributed by atoms with Gasteiger partial charge in [-0.25, -0.2) is 0 Å². The zero-order valence-electron chi connectivity index (χ0n) is 9.22. The summed E-state index contributed by atoms with van der Waals surface area (Å²) in [5.74, 6) is 0.354. The molecule has 0 aliphatic carbocycles. The number of nitro groups is 1. The average molecular weight is 258 g/mol. The molecule has 0 saturated carbocycles. The molecule has 0 aliphatic heterocycles. The molecule has 5 nitrogen and oxygen atoms in total. The van der Waals surface area contributed by atoms with Crippen molar-refractivity contribution < 1.29 is 14.8 Å². The SMILES string of the molecule is C=C(Cl)COc1ccc([N+](=O)[O-])cc1[C@H](C)O. The maximum absolute atomic E-state index is 10.6. The fourth-order valence-corrected chi connectivity index (χ4v) is 1.32. The molecule has 17 heavy (non-hydrogen) atoms. The normalized spacial score (nSPS) is 11.9. The number of nitro benzene ring substituents is 1. The Morgan fingerprint density at radius 3 is 2.82 bits per heavy atom. The molecule has 0 aromatic heterocycles. The average Bonchev–Trinajstić information content (AvgIpc) is 2.25.